The van der Waals surface area contributed by atoms with Crippen molar-refractivity contribution in [2.24, 2.45) is 0 Å². The molecule has 5 heteroatoms. The molecule has 0 spiro atoms. The van der Waals surface area contributed by atoms with Gasteiger partial charge in [-0.15, -0.1) is 0 Å². The minimum absolute atomic E-state index is 0.186. The molecule has 0 saturated heterocycles. The van der Waals surface area contributed by atoms with E-state index in [4.69, 9.17) is 16.3 Å². The Morgan fingerprint density at radius 1 is 1.14 bits per heavy atom. The van der Waals surface area contributed by atoms with Gasteiger partial charge in [-0.1, -0.05) is 17.7 Å². The Balaban J connectivity index is 2.13. The van der Waals surface area contributed by atoms with Gasteiger partial charge in [-0.05, 0) is 49.7 Å². The van der Waals surface area contributed by atoms with Gasteiger partial charge in [-0.2, -0.15) is 0 Å². The maximum atomic E-state index is 13.2. The summed E-state index contributed by atoms with van der Waals surface area (Å²) in [6, 6.07) is 9.00. The minimum atomic E-state index is -0.856. The zero-order valence-electron chi connectivity index (χ0n) is 11.8. The van der Waals surface area contributed by atoms with Crippen molar-refractivity contribution in [2.45, 2.75) is 19.9 Å². The summed E-state index contributed by atoms with van der Waals surface area (Å²) in [5.41, 5.74) is 1.43. The molecule has 0 bridgehead atoms. The maximum Gasteiger partial charge on any atom is 0.159 e. The van der Waals surface area contributed by atoms with E-state index in [-0.39, 0.29) is 6.04 Å². The number of hydrogen-bond acceptors (Lipinski definition) is 2. The number of nitrogens with one attached hydrogen (secondary N) is 1. The Morgan fingerprint density at radius 3 is 2.52 bits per heavy atom. The summed E-state index contributed by atoms with van der Waals surface area (Å²) in [5.74, 6) is -1.09. The van der Waals surface area contributed by atoms with Gasteiger partial charge in [0.1, 0.15) is 5.75 Å². The van der Waals surface area contributed by atoms with Crippen molar-refractivity contribution >= 4 is 17.3 Å². The van der Waals surface area contributed by atoms with Crippen molar-refractivity contribution in [1.29, 1.82) is 0 Å². The lowest BCUT2D eigenvalue weighted by atomic mass is 10.1. The Bertz CT molecular complexity index is 634. The zero-order chi connectivity index (χ0) is 15.4. The molecule has 0 aromatic heterocycles. The quantitative estimate of drug-likeness (QED) is 0.820. The van der Waals surface area contributed by atoms with Crippen LogP contribution in [-0.2, 0) is 0 Å². The fourth-order valence-electron chi connectivity index (χ4n) is 1.98. The second-order valence-corrected chi connectivity index (χ2v) is 5.02. The molecule has 0 aliphatic heterocycles. The zero-order valence-corrected chi connectivity index (χ0v) is 12.5. The molecule has 21 heavy (non-hydrogen) atoms. The lowest BCUT2D eigenvalue weighted by Gasteiger charge is -2.17. The number of hydrogen-bond donors (Lipinski definition) is 1. The van der Waals surface area contributed by atoms with Crippen LogP contribution in [-0.4, -0.2) is 6.61 Å². The molecule has 0 heterocycles. The fraction of sp³-hybridized carbons (Fsp3) is 0.250. The van der Waals surface area contributed by atoms with Crippen LogP contribution in [0.1, 0.15) is 25.5 Å². The summed E-state index contributed by atoms with van der Waals surface area (Å²) in [5, 5.41) is 3.69. The summed E-state index contributed by atoms with van der Waals surface area (Å²) in [7, 11) is 0. The predicted molar refractivity (Wildman–Crippen MR) is 81.0 cm³/mol. The third kappa shape index (κ3) is 3.85. The SMILES string of the molecule is CCOc1ccc(NC(C)c2ccc(F)c(F)c2)cc1Cl. The van der Waals surface area contributed by atoms with Gasteiger partial charge in [0, 0.05) is 11.7 Å². The average Bonchev–Trinajstić information content (AvgIpc) is 2.45. The van der Waals surface area contributed by atoms with E-state index in [0.717, 1.165) is 11.8 Å². The van der Waals surface area contributed by atoms with E-state index in [1.54, 1.807) is 18.2 Å². The number of halogens is 3. The topological polar surface area (TPSA) is 21.3 Å². The van der Waals surface area contributed by atoms with Crippen LogP contribution >= 0.6 is 11.6 Å². The molecular weight excluding hydrogens is 296 g/mol. The second kappa shape index (κ2) is 6.76. The van der Waals surface area contributed by atoms with Crippen LogP contribution in [0.15, 0.2) is 36.4 Å². The van der Waals surface area contributed by atoms with Gasteiger partial charge in [0.2, 0.25) is 0 Å². The largest absolute Gasteiger partial charge is 0.492 e. The first-order valence-electron chi connectivity index (χ1n) is 6.65. The predicted octanol–water partition coefficient (Wildman–Crippen LogP) is 5.19. The van der Waals surface area contributed by atoms with Gasteiger partial charge in [-0.25, -0.2) is 8.78 Å². The van der Waals surface area contributed by atoms with Crippen molar-refractivity contribution < 1.29 is 13.5 Å². The van der Waals surface area contributed by atoms with Gasteiger partial charge in [0.15, 0.2) is 11.6 Å². The van der Waals surface area contributed by atoms with E-state index in [2.05, 4.69) is 5.32 Å². The molecule has 0 amide bonds. The van der Waals surface area contributed by atoms with Crippen molar-refractivity contribution in [1.82, 2.24) is 0 Å². The third-order valence-electron chi connectivity index (χ3n) is 3.06. The molecule has 1 unspecified atom stereocenters. The molecule has 112 valence electrons. The summed E-state index contributed by atoms with van der Waals surface area (Å²) in [6.45, 7) is 4.28. The fourth-order valence-corrected chi connectivity index (χ4v) is 2.21. The van der Waals surface area contributed by atoms with Gasteiger partial charge in [-0.3, -0.25) is 0 Å². The Labute approximate surface area is 127 Å². The van der Waals surface area contributed by atoms with E-state index in [1.165, 1.54) is 6.07 Å². The lowest BCUT2D eigenvalue weighted by molar-refractivity contribution is 0.340. The van der Waals surface area contributed by atoms with Crippen LogP contribution < -0.4 is 10.1 Å². The maximum absolute atomic E-state index is 13.2. The first-order valence-corrected chi connectivity index (χ1v) is 7.03. The molecule has 0 fully saturated rings. The van der Waals surface area contributed by atoms with Gasteiger partial charge < -0.3 is 10.1 Å². The molecule has 2 nitrogen and oxygen atoms in total. The van der Waals surface area contributed by atoms with Crippen LogP contribution in [0.25, 0.3) is 0 Å². The van der Waals surface area contributed by atoms with E-state index in [9.17, 15) is 8.78 Å². The number of rotatable bonds is 5. The molecule has 1 N–H and O–H groups in total. The van der Waals surface area contributed by atoms with Crippen LogP contribution in [0.4, 0.5) is 14.5 Å². The van der Waals surface area contributed by atoms with Gasteiger partial charge in [0.25, 0.3) is 0 Å². The summed E-state index contributed by atoms with van der Waals surface area (Å²) in [6.07, 6.45) is 0. The Hall–Kier alpha value is -1.81. The van der Waals surface area contributed by atoms with Crippen molar-refractivity contribution in [3.63, 3.8) is 0 Å². The first-order chi connectivity index (χ1) is 10.0. The molecule has 2 rings (SSSR count). The standard InChI is InChI=1S/C16H16ClF2NO/c1-3-21-16-7-5-12(9-13(16)17)20-10(2)11-4-6-14(18)15(19)8-11/h4-10,20H,3H2,1-2H3. The minimum Gasteiger partial charge on any atom is -0.492 e. The molecular formula is C16H16ClF2NO. The molecule has 0 aliphatic rings. The number of benzene rings is 2. The smallest absolute Gasteiger partial charge is 0.159 e. The molecule has 0 radical (unpaired) electrons. The van der Waals surface area contributed by atoms with E-state index >= 15 is 0 Å². The molecule has 2 aromatic carbocycles. The second-order valence-electron chi connectivity index (χ2n) is 4.62. The number of anilines is 1. The molecule has 1 atom stereocenters. The van der Waals surface area contributed by atoms with Crippen molar-refractivity contribution in [3.8, 4) is 5.75 Å². The summed E-state index contributed by atoms with van der Waals surface area (Å²) >= 11 is 6.11. The highest BCUT2D eigenvalue weighted by atomic mass is 35.5. The van der Waals surface area contributed by atoms with Crippen LogP contribution in [0.3, 0.4) is 0 Å². The number of ether oxygens (including phenoxy) is 1. The normalized spacial score (nSPS) is 12.0. The lowest BCUT2D eigenvalue weighted by Crippen LogP contribution is -2.07. The van der Waals surface area contributed by atoms with E-state index in [0.29, 0.717) is 22.9 Å². The average molecular weight is 312 g/mol. The van der Waals surface area contributed by atoms with Crippen LogP contribution in [0, 0.1) is 11.6 Å². The Kier molecular flexibility index (Phi) is 5.02. The summed E-state index contributed by atoms with van der Waals surface area (Å²) in [4.78, 5) is 0. The molecule has 2 aromatic rings. The van der Waals surface area contributed by atoms with Crippen LogP contribution in [0.2, 0.25) is 5.02 Å². The highest BCUT2D eigenvalue weighted by Gasteiger charge is 2.10. The van der Waals surface area contributed by atoms with Gasteiger partial charge in [0.05, 0.1) is 11.6 Å². The monoisotopic (exact) mass is 311 g/mol. The summed E-state index contributed by atoms with van der Waals surface area (Å²) < 4.78 is 31.5. The van der Waals surface area contributed by atoms with Crippen molar-refractivity contribution in [3.05, 3.63) is 58.6 Å². The van der Waals surface area contributed by atoms with E-state index < -0.39 is 11.6 Å². The Morgan fingerprint density at radius 2 is 1.90 bits per heavy atom. The van der Waals surface area contributed by atoms with Crippen molar-refractivity contribution in [2.75, 3.05) is 11.9 Å². The van der Waals surface area contributed by atoms with E-state index in [1.807, 2.05) is 19.9 Å². The highest BCUT2D eigenvalue weighted by molar-refractivity contribution is 6.32. The first kappa shape index (κ1) is 15.6. The highest BCUT2D eigenvalue weighted by Crippen LogP contribution is 2.29. The van der Waals surface area contributed by atoms with Crippen LogP contribution in [0.5, 0.6) is 5.75 Å². The molecule has 0 saturated carbocycles. The third-order valence-corrected chi connectivity index (χ3v) is 3.35. The molecule has 0 aliphatic carbocycles. The van der Waals surface area contributed by atoms with Gasteiger partial charge >= 0.3 is 0 Å².